The molecule has 34 heavy (non-hydrogen) atoms. The average molecular weight is 457 g/mol. The maximum Gasteiger partial charge on any atom is 0.490 e. The van der Waals surface area contributed by atoms with E-state index in [2.05, 4.69) is 20.3 Å². The van der Waals surface area contributed by atoms with Gasteiger partial charge in [-0.25, -0.2) is 9.37 Å². The first-order chi connectivity index (χ1) is 16.5. The van der Waals surface area contributed by atoms with E-state index in [1.165, 1.54) is 36.7 Å². The van der Waals surface area contributed by atoms with E-state index in [4.69, 9.17) is 0 Å². The molecule has 10 heteroatoms. The molecule has 0 aliphatic rings. The van der Waals surface area contributed by atoms with Crippen LogP contribution in [0.15, 0.2) is 85.3 Å². The van der Waals surface area contributed by atoms with Crippen LogP contribution in [-0.2, 0) is 13.1 Å². The summed E-state index contributed by atoms with van der Waals surface area (Å²) in [5.41, 5.74) is 2.65. The van der Waals surface area contributed by atoms with Crippen molar-refractivity contribution in [3.8, 4) is 0 Å². The van der Waals surface area contributed by atoms with Gasteiger partial charge in [-0.2, -0.15) is 0 Å². The van der Waals surface area contributed by atoms with Crippen LogP contribution in [0.2, 0.25) is 0 Å². The SMILES string of the molecule is O=C(Nc1ccc(F)cc1)c1ccc(N(Cc2ccccn2)Cc2ccc(B(O)O)cn2)nc1. The Labute approximate surface area is 195 Å². The summed E-state index contributed by atoms with van der Waals surface area (Å²) in [5.74, 6) is -0.132. The van der Waals surface area contributed by atoms with Crippen molar-refractivity contribution >= 4 is 30.0 Å². The van der Waals surface area contributed by atoms with Crippen LogP contribution in [0, 0.1) is 5.82 Å². The third-order valence-corrected chi connectivity index (χ3v) is 5.01. The van der Waals surface area contributed by atoms with Gasteiger partial charge in [-0.1, -0.05) is 12.1 Å². The molecule has 4 rings (SSSR count). The molecule has 0 saturated carbocycles. The normalized spacial score (nSPS) is 10.6. The van der Waals surface area contributed by atoms with Crippen LogP contribution < -0.4 is 15.7 Å². The summed E-state index contributed by atoms with van der Waals surface area (Å²) in [6, 6.07) is 17.8. The molecule has 0 saturated heterocycles. The molecule has 8 nitrogen and oxygen atoms in total. The lowest BCUT2D eigenvalue weighted by atomic mass is 9.82. The number of hydrogen-bond acceptors (Lipinski definition) is 7. The summed E-state index contributed by atoms with van der Waals surface area (Å²) in [7, 11) is -1.58. The van der Waals surface area contributed by atoms with Crippen LogP contribution in [0.3, 0.4) is 0 Å². The number of nitrogens with one attached hydrogen (secondary N) is 1. The molecule has 1 amide bonds. The Balaban J connectivity index is 1.52. The minimum Gasteiger partial charge on any atom is -0.423 e. The third-order valence-electron chi connectivity index (χ3n) is 5.01. The number of nitrogens with zero attached hydrogens (tertiary/aromatic N) is 4. The second-order valence-electron chi connectivity index (χ2n) is 7.50. The lowest BCUT2D eigenvalue weighted by Gasteiger charge is -2.23. The van der Waals surface area contributed by atoms with Gasteiger partial charge >= 0.3 is 7.12 Å². The Morgan fingerprint density at radius 2 is 1.65 bits per heavy atom. The maximum atomic E-state index is 13.1. The Kier molecular flexibility index (Phi) is 7.21. The Morgan fingerprint density at radius 3 is 2.24 bits per heavy atom. The number of halogens is 1. The Morgan fingerprint density at radius 1 is 0.882 bits per heavy atom. The summed E-state index contributed by atoms with van der Waals surface area (Å²) < 4.78 is 13.1. The van der Waals surface area contributed by atoms with Crippen molar-refractivity contribution in [3.05, 3.63) is 108 Å². The van der Waals surface area contributed by atoms with Gasteiger partial charge in [-0.15, -0.1) is 0 Å². The molecule has 3 aromatic heterocycles. The molecule has 0 unspecified atom stereocenters. The minimum absolute atomic E-state index is 0.301. The summed E-state index contributed by atoms with van der Waals surface area (Å²) in [6.45, 7) is 0.827. The first-order valence-corrected chi connectivity index (χ1v) is 10.5. The van der Waals surface area contributed by atoms with Gasteiger partial charge < -0.3 is 20.3 Å². The van der Waals surface area contributed by atoms with Crippen molar-refractivity contribution in [2.45, 2.75) is 13.1 Å². The molecule has 170 valence electrons. The van der Waals surface area contributed by atoms with Crippen LogP contribution in [0.4, 0.5) is 15.9 Å². The predicted octanol–water partition coefficient (Wildman–Crippen LogP) is 2.15. The van der Waals surface area contributed by atoms with E-state index in [0.29, 0.717) is 41.3 Å². The number of amides is 1. The summed E-state index contributed by atoms with van der Waals surface area (Å²) >= 11 is 0. The number of anilines is 2. The second kappa shape index (κ2) is 10.6. The highest BCUT2D eigenvalue weighted by Crippen LogP contribution is 2.18. The second-order valence-corrected chi connectivity index (χ2v) is 7.50. The molecule has 0 fully saturated rings. The molecule has 0 radical (unpaired) electrons. The number of hydrogen-bond donors (Lipinski definition) is 3. The molecular formula is C24H21BFN5O3. The highest BCUT2D eigenvalue weighted by Gasteiger charge is 2.15. The average Bonchev–Trinajstić information content (AvgIpc) is 2.86. The van der Waals surface area contributed by atoms with Gasteiger partial charge in [-0.05, 0) is 54.6 Å². The number of rotatable bonds is 8. The quantitative estimate of drug-likeness (QED) is 0.348. The van der Waals surface area contributed by atoms with E-state index in [9.17, 15) is 19.2 Å². The summed E-state index contributed by atoms with van der Waals surface area (Å²) in [6.07, 6.45) is 4.59. The monoisotopic (exact) mass is 457 g/mol. The van der Waals surface area contributed by atoms with E-state index in [1.807, 2.05) is 23.1 Å². The lowest BCUT2D eigenvalue weighted by Crippen LogP contribution is -2.31. The topological polar surface area (TPSA) is 111 Å². The molecule has 0 atom stereocenters. The van der Waals surface area contributed by atoms with Crippen LogP contribution in [0.1, 0.15) is 21.7 Å². The molecule has 0 bridgehead atoms. The van der Waals surface area contributed by atoms with Crippen molar-refractivity contribution in [1.82, 2.24) is 15.0 Å². The van der Waals surface area contributed by atoms with Crippen LogP contribution >= 0.6 is 0 Å². The fraction of sp³-hybridized carbons (Fsp3) is 0.0833. The minimum atomic E-state index is -1.58. The zero-order valence-corrected chi connectivity index (χ0v) is 18.0. The van der Waals surface area contributed by atoms with Gasteiger partial charge in [0.2, 0.25) is 0 Å². The van der Waals surface area contributed by atoms with Gasteiger partial charge in [0.05, 0.1) is 30.0 Å². The first-order valence-electron chi connectivity index (χ1n) is 10.5. The molecule has 0 spiro atoms. The van der Waals surface area contributed by atoms with Crippen LogP contribution in [0.5, 0.6) is 0 Å². The highest BCUT2D eigenvalue weighted by molar-refractivity contribution is 6.58. The zero-order valence-electron chi connectivity index (χ0n) is 18.0. The van der Waals surface area contributed by atoms with Gasteiger partial charge in [-0.3, -0.25) is 14.8 Å². The smallest absolute Gasteiger partial charge is 0.423 e. The highest BCUT2D eigenvalue weighted by atomic mass is 19.1. The number of carbonyl (C=O) groups excluding carboxylic acids is 1. The predicted molar refractivity (Wildman–Crippen MR) is 127 cm³/mol. The molecule has 3 N–H and O–H groups in total. The van der Waals surface area contributed by atoms with Gasteiger partial charge in [0.1, 0.15) is 11.6 Å². The number of benzene rings is 1. The van der Waals surface area contributed by atoms with E-state index in [-0.39, 0.29) is 11.7 Å². The number of aromatic nitrogens is 3. The molecule has 3 heterocycles. The molecule has 4 aromatic rings. The Hall–Kier alpha value is -4.15. The largest absolute Gasteiger partial charge is 0.490 e. The van der Waals surface area contributed by atoms with Gasteiger partial charge in [0.15, 0.2) is 0 Å². The van der Waals surface area contributed by atoms with E-state index >= 15 is 0 Å². The molecule has 1 aromatic carbocycles. The third kappa shape index (κ3) is 6.00. The summed E-state index contributed by atoms with van der Waals surface area (Å²) in [5, 5.41) is 21.3. The van der Waals surface area contributed by atoms with Crippen molar-refractivity contribution in [1.29, 1.82) is 0 Å². The van der Waals surface area contributed by atoms with E-state index in [1.54, 1.807) is 30.5 Å². The van der Waals surface area contributed by atoms with Crippen molar-refractivity contribution in [3.63, 3.8) is 0 Å². The van der Waals surface area contributed by atoms with Crippen LogP contribution in [0.25, 0.3) is 0 Å². The van der Waals surface area contributed by atoms with E-state index in [0.717, 1.165) is 5.69 Å². The van der Waals surface area contributed by atoms with Crippen LogP contribution in [-0.4, -0.2) is 38.0 Å². The molecule has 0 aliphatic heterocycles. The fourth-order valence-electron chi connectivity index (χ4n) is 3.23. The summed E-state index contributed by atoms with van der Waals surface area (Å²) in [4.78, 5) is 27.6. The lowest BCUT2D eigenvalue weighted by molar-refractivity contribution is 0.102. The zero-order chi connectivity index (χ0) is 23.9. The molecule has 0 aliphatic carbocycles. The van der Waals surface area contributed by atoms with Crippen molar-refractivity contribution in [2.24, 2.45) is 0 Å². The standard InChI is InChI=1S/C24H21BFN5O3/c26-19-6-9-20(10-7-19)30-24(32)17-4-11-23(29-13-17)31(15-21-3-1-2-12-27-21)16-22-8-5-18(14-28-22)25(33)34/h1-14,33-34H,15-16H2,(H,30,32). The van der Waals surface area contributed by atoms with E-state index < -0.39 is 7.12 Å². The maximum absolute atomic E-state index is 13.1. The van der Waals surface area contributed by atoms with Crippen molar-refractivity contribution < 1.29 is 19.2 Å². The number of pyridine rings is 3. The fourth-order valence-corrected chi connectivity index (χ4v) is 3.23. The van der Waals surface area contributed by atoms with Gasteiger partial charge in [0, 0.05) is 29.7 Å². The number of carbonyl (C=O) groups is 1. The van der Waals surface area contributed by atoms with Gasteiger partial charge in [0.25, 0.3) is 5.91 Å². The Bertz CT molecular complexity index is 1220. The molecular weight excluding hydrogens is 436 g/mol. The first kappa shape index (κ1) is 23.0. The van der Waals surface area contributed by atoms with Crippen molar-refractivity contribution in [2.75, 3.05) is 10.2 Å².